The van der Waals surface area contributed by atoms with Crippen molar-refractivity contribution in [2.24, 2.45) is 0 Å². The molecule has 15 heavy (non-hydrogen) atoms. The molecule has 0 aliphatic heterocycles. The highest BCUT2D eigenvalue weighted by Gasteiger charge is 1.98. The first kappa shape index (κ1) is 9.84. The van der Waals surface area contributed by atoms with E-state index in [9.17, 15) is 0 Å². The van der Waals surface area contributed by atoms with Crippen molar-refractivity contribution in [3.05, 3.63) is 36.4 Å². The summed E-state index contributed by atoms with van der Waals surface area (Å²) in [5.74, 6) is 1.77. The van der Waals surface area contributed by atoms with E-state index in [0.717, 1.165) is 16.9 Å². The topological polar surface area (TPSA) is 18.5 Å². The van der Waals surface area contributed by atoms with Crippen molar-refractivity contribution >= 4 is 10.8 Å². The lowest BCUT2D eigenvalue weighted by atomic mass is 10.1. The van der Waals surface area contributed by atoms with Gasteiger partial charge in [-0.05, 0) is 42.0 Å². The predicted molar refractivity (Wildman–Crippen MR) is 61.7 cm³/mol. The molecule has 0 radical (unpaired) electrons. The molecule has 0 saturated heterocycles. The van der Waals surface area contributed by atoms with Gasteiger partial charge in [-0.25, -0.2) is 0 Å². The van der Waals surface area contributed by atoms with Crippen LogP contribution in [0.15, 0.2) is 36.4 Å². The fourth-order valence-corrected chi connectivity index (χ4v) is 1.59. The van der Waals surface area contributed by atoms with Crippen LogP contribution in [0.1, 0.15) is 6.92 Å². The van der Waals surface area contributed by atoms with Gasteiger partial charge in [-0.3, -0.25) is 0 Å². The van der Waals surface area contributed by atoms with E-state index in [-0.39, 0.29) is 0 Å². The number of rotatable bonds is 3. The van der Waals surface area contributed by atoms with E-state index in [4.69, 9.17) is 9.47 Å². The van der Waals surface area contributed by atoms with Crippen molar-refractivity contribution in [1.29, 1.82) is 0 Å². The Labute approximate surface area is 89.4 Å². The summed E-state index contributed by atoms with van der Waals surface area (Å²) < 4.78 is 10.6. The molecular weight excluding hydrogens is 188 g/mol. The standard InChI is InChI=1S/C13H14O2/c1-3-15-13-7-5-10-4-6-12(14-2)8-11(10)9-13/h4-9H,3H2,1-2H3. The Morgan fingerprint density at radius 1 is 0.933 bits per heavy atom. The maximum Gasteiger partial charge on any atom is 0.119 e. The lowest BCUT2D eigenvalue weighted by Crippen LogP contribution is -1.90. The van der Waals surface area contributed by atoms with Crippen molar-refractivity contribution in [2.75, 3.05) is 13.7 Å². The van der Waals surface area contributed by atoms with Gasteiger partial charge < -0.3 is 9.47 Å². The van der Waals surface area contributed by atoms with E-state index in [1.807, 2.05) is 37.3 Å². The van der Waals surface area contributed by atoms with Crippen molar-refractivity contribution in [2.45, 2.75) is 6.92 Å². The summed E-state index contributed by atoms with van der Waals surface area (Å²) in [5, 5.41) is 2.33. The van der Waals surface area contributed by atoms with E-state index in [0.29, 0.717) is 6.61 Å². The van der Waals surface area contributed by atoms with Crippen LogP contribution >= 0.6 is 0 Å². The van der Waals surface area contributed by atoms with Crippen LogP contribution < -0.4 is 9.47 Å². The molecule has 0 fully saturated rings. The molecule has 0 atom stereocenters. The molecule has 78 valence electrons. The molecule has 2 rings (SSSR count). The van der Waals surface area contributed by atoms with Crippen molar-refractivity contribution in [3.63, 3.8) is 0 Å². The van der Waals surface area contributed by atoms with Crippen LogP contribution in [0.5, 0.6) is 11.5 Å². The maximum absolute atomic E-state index is 5.45. The van der Waals surface area contributed by atoms with Gasteiger partial charge in [0.2, 0.25) is 0 Å². The van der Waals surface area contributed by atoms with Gasteiger partial charge in [0.05, 0.1) is 13.7 Å². The van der Waals surface area contributed by atoms with Gasteiger partial charge in [0.25, 0.3) is 0 Å². The number of hydrogen-bond donors (Lipinski definition) is 0. The number of hydrogen-bond acceptors (Lipinski definition) is 2. The van der Waals surface area contributed by atoms with Gasteiger partial charge >= 0.3 is 0 Å². The van der Waals surface area contributed by atoms with Gasteiger partial charge in [-0.1, -0.05) is 12.1 Å². The molecule has 0 aliphatic carbocycles. The fourth-order valence-electron chi connectivity index (χ4n) is 1.59. The Balaban J connectivity index is 2.48. The molecule has 0 bridgehead atoms. The summed E-state index contributed by atoms with van der Waals surface area (Å²) in [5.41, 5.74) is 0. The highest BCUT2D eigenvalue weighted by atomic mass is 16.5. The Hall–Kier alpha value is -1.70. The molecule has 0 amide bonds. The Morgan fingerprint density at radius 3 is 2.27 bits per heavy atom. The molecule has 0 heterocycles. The molecule has 2 aromatic carbocycles. The van der Waals surface area contributed by atoms with Gasteiger partial charge in [0.1, 0.15) is 11.5 Å². The number of ether oxygens (including phenoxy) is 2. The molecule has 0 aliphatic rings. The van der Waals surface area contributed by atoms with Gasteiger partial charge in [-0.15, -0.1) is 0 Å². The zero-order valence-electron chi connectivity index (χ0n) is 8.99. The van der Waals surface area contributed by atoms with E-state index in [1.165, 1.54) is 5.39 Å². The second-order valence-corrected chi connectivity index (χ2v) is 3.31. The summed E-state index contributed by atoms with van der Waals surface area (Å²) in [7, 11) is 1.67. The van der Waals surface area contributed by atoms with Crippen LogP contribution in [-0.2, 0) is 0 Å². The van der Waals surface area contributed by atoms with Crippen LogP contribution in [0.4, 0.5) is 0 Å². The molecule has 2 aromatic rings. The monoisotopic (exact) mass is 202 g/mol. The first-order chi connectivity index (χ1) is 7.33. The summed E-state index contributed by atoms with van der Waals surface area (Å²) in [6.07, 6.45) is 0. The summed E-state index contributed by atoms with van der Waals surface area (Å²) in [4.78, 5) is 0. The molecule has 0 unspecified atom stereocenters. The summed E-state index contributed by atoms with van der Waals surface area (Å²) >= 11 is 0. The zero-order valence-corrected chi connectivity index (χ0v) is 8.99. The third-order valence-corrected chi connectivity index (χ3v) is 2.33. The van der Waals surface area contributed by atoms with Gasteiger partial charge in [0.15, 0.2) is 0 Å². The third kappa shape index (κ3) is 2.04. The molecule has 2 heteroatoms. The minimum Gasteiger partial charge on any atom is -0.497 e. The summed E-state index contributed by atoms with van der Waals surface area (Å²) in [6.45, 7) is 2.67. The summed E-state index contributed by atoms with van der Waals surface area (Å²) in [6, 6.07) is 12.1. The zero-order chi connectivity index (χ0) is 10.7. The normalized spacial score (nSPS) is 10.3. The molecular formula is C13H14O2. The lowest BCUT2D eigenvalue weighted by molar-refractivity contribution is 0.340. The molecule has 0 spiro atoms. The van der Waals surface area contributed by atoms with Crippen LogP contribution in [0.25, 0.3) is 10.8 Å². The van der Waals surface area contributed by atoms with E-state index in [1.54, 1.807) is 7.11 Å². The largest absolute Gasteiger partial charge is 0.497 e. The second kappa shape index (κ2) is 4.22. The van der Waals surface area contributed by atoms with Crippen molar-refractivity contribution in [3.8, 4) is 11.5 Å². The highest BCUT2D eigenvalue weighted by Crippen LogP contribution is 2.24. The van der Waals surface area contributed by atoms with Gasteiger partial charge in [0, 0.05) is 0 Å². The van der Waals surface area contributed by atoms with E-state index < -0.39 is 0 Å². The smallest absolute Gasteiger partial charge is 0.119 e. The van der Waals surface area contributed by atoms with E-state index in [2.05, 4.69) is 6.07 Å². The van der Waals surface area contributed by atoms with Crippen LogP contribution in [0, 0.1) is 0 Å². The minimum atomic E-state index is 0.690. The van der Waals surface area contributed by atoms with Crippen molar-refractivity contribution < 1.29 is 9.47 Å². The first-order valence-electron chi connectivity index (χ1n) is 5.04. The van der Waals surface area contributed by atoms with Crippen LogP contribution in [0.2, 0.25) is 0 Å². The number of benzene rings is 2. The van der Waals surface area contributed by atoms with Crippen LogP contribution in [-0.4, -0.2) is 13.7 Å². The average Bonchev–Trinajstić information content (AvgIpc) is 2.28. The number of methoxy groups -OCH3 is 1. The van der Waals surface area contributed by atoms with Crippen molar-refractivity contribution in [1.82, 2.24) is 0 Å². The third-order valence-electron chi connectivity index (χ3n) is 2.33. The molecule has 0 aromatic heterocycles. The predicted octanol–water partition coefficient (Wildman–Crippen LogP) is 3.25. The van der Waals surface area contributed by atoms with Crippen LogP contribution in [0.3, 0.4) is 0 Å². The fraction of sp³-hybridized carbons (Fsp3) is 0.231. The second-order valence-electron chi connectivity index (χ2n) is 3.31. The Kier molecular flexibility index (Phi) is 2.77. The molecule has 0 N–H and O–H groups in total. The van der Waals surface area contributed by atoms with E-state index >= 15 is 0 Å². The first-order valence-corrected chi connectivity index (χ1v) is 5.04. The maximum atomic E-state index is 5.45. The molecule has 2 nitrogen and oxygen atoms in total. The lowest BCUT2D eigenvalue weighted by Gasteiger charge is -2.06. The number of fused-ring (bicyclic) bond motifs is 1. The Bertz CT molecular complexity index is 463. The minimum absolute atomic E-state index is 0.690. The molecule has 0 saturated carbocycles. The average molecular weight is 202 g/mol. The Morgan fingerprint density at radius 2 is 1.60 bits per heavy atom. The van der Waals surface area contributed by atoms with Gasteiger partial charge in [-0.2, -0.15) is 0 Å². The SMILES string of the molecule is CCOc1ccc2ccc(OC)cc2c1. The quantitative estimate of drug-likeness (QED) is 0.760. The highest BCUT2D eigenvalue weighted by molar-refractivity contribution is 5.85.